The van der Waals surface area contributed by atoms with Crippen LogP contribution in [0.15, 0.2) is 46.9 Å². The zero-order chi connectivity index (χ0) is 15.0. The van der Waals surface area contributed by atoms with Crippen molar-refractivity contribution in [1.82, 2.24) is 0 Å². The fourth-order valence-corrected chi connectivity index (χ4v) is 3.68. The molecule has 0 saturated carbocycles. The Morgan fingerprint density at radius 2 is 1.90 bits per heavy atom. The lowest BCUT2D eigenvalue weighted by Gasteiger charge is -2.04. The fraction of sp³-hybridized carbons (Fsp3) is 0. The molecule has 0 saturated heterocycles. The van der Waals surface area contributed by atoms with Crippen LogP contribution >= 0.6 is 38.9 Å². The van der Waals surface area contributed by atoms with Gasteiger partial charge in [0, 0.05) is 25.3 Å². The van der Waals surface area contributed by atoms with Gasteiger partial charge in [-0.05, 0) is 36.4 Å². The van der Waals surface area contributed by atoms with Gasteiger partial charge in [-0.25, -0.2) is 0 Å². The van der Waals surface area contributed by atoms with Crippen molar-refractivity contribution >= 4 is 66.2 Å². The van der Waals surface area contributed by atoms with Crippen LogP contribution in [-0.2, 0) is 0 Å². The van der Waals surface area contributed by atoms with Crippen molar-refractivity contribution in [3.8, 4) is 0 Å². The maximum absolute atomic E-state index is 12.3. The number of thiophene rings is 1. The van der Waals surface area contributed by atoms with Crippen molar-refractivity contribution < 1.29 is 4.79 Å². The van der Waals surface area contributed by atoms with Crippen LogP contribution in [0.2, 0.25) is 5.02 Å². The smallest absolute Gasteiger partial charge is 0.267 e. The Bertz CT molecular complexity index is 830. The van der Waals surface area contributed by atoms with Crippen molar-refractivity contribution in [2.24, 2.45) is 0 Å². The molecule has 1 aromatic heterocycles. The highest BCUT2D eigenvalue weighted by molar-refractivity contribution is 9.10. The van der Waals surface area contributed by atoms with Crippen LogP contribution < -0.4 is 11.1 Å². The normalized spacial score (nSPS) is 10.8. The Hall–Kier alpha value is -1.56. The third kappa shape index (κ3) is 2.90. The molecule has 3 N–H and O–H groups in total. The molecule has 1 amide bonds. The van der Waals surface area contributed by atoms with Gasteiger partial charge in [-0.1, -0.05) is 33.6 Å². The molecule has 0 radical (unpaired) electrons. The van der Waals surface area contributed by atoms with E-state index in [0.717, 1.165) is 14.6 Å². The summed E-state index contributed by atoms with van der Waals surface area (Å²) in [4.78, 5) is 12.9. The number of benzene rings is 2. The van der Waals surface area contributed by atoms with Crippen molar-refractivity contribution in [2.45, 2.75) is 0 Å². The van der Waals surface area contributed by atoms with Crippen LogP contribution in [0, 0.1) is 0 Å². The van der Waals surface area contributed by atoms with Gasteiger partial charge in [0.15, 0.2) is 0 Å². The van der Waals surface area contributed by atoms with Gasteiger partial charge in [-0.3, -0.25) is 4.79 Å². The number of carbonyl (C=O) groups excluding carboxylic acids is 1. The summed E-state index contributed by atoms with van der Waals surface area (Å²) in [6, 6.07) is 12.7. The van der Waals surface area contributed by atoms with Crippen LogP contribution in [0.1, 0.15) is 9.67 Å². The molecule has 0 atom stereocenters. The van der Waals surface area contributed by atoms with Gasteiger partial charge in [0.2, 0.25) is 0 Å². The molecule has 3 aromatic rings. The molecule has 106 valence electrons. The molecule has 0 fully saturated rings. The third-order valence-corrected chi connectivity index (χ3v) is 4.91. The number of rotatable bonds is 2. The predicted octanol–water partition coefficient (Wildman–Crippen LogP) is 5.15. The Morgan fingerprint density at radius 1 is 1.19 bits per heavy atom. The second-order valence-corrected chi connectivity index (χ2v) is 6.85. The maximum Gasteiger partial charge on any atom is 0.267 e. The number of carbonyl (C=O) groups is 1. The van der Waals surface area contributed by atoms with Gasteiger partial charge in [0.05, 0.1) is 5.69 Å². The number of nitrogens with two attached hydrogens (primary N) is 1. The number of anilines is 2. The van der Waals surface area contributed by atoms with Crippen LogP contribution in [0.5, 0.6) is 0 Å². The van der Waals surface area contributed by atoms with E-state index in [4.69, 9.17) is 17.3 Å². The first-order valence-corrected chi connectivity index (χ1v) is 8.08. The van der Waals surface area contributed by atoms with E-state index in [1.165, 1.54) is 11.3 Å². The Morgan fingerprint density at radius 3 is 2.62 bits per heavy atom. The van der Waals surface area contributed by atoms with Crippen LogP contribution in [0.25, 0.3) is 10.1 Å². The number of halogens is 2. The monoisotopic (exact) mass is 380 g/mol. The summed E-state index contributed by atoms with van der Waals surface area (Å²) in [5.41, 5.74) is 7.27. The lowest BCUT2D eigenvalue weighted by atomic mass is 10.2. The summed E-state index contributed by atoms with van der Waals surface area (Å²) in [6.07, 6.45) is 0. The quantitative estimate of drug-likeness (QED) is 0.645. The first kappa shape index (κ1) is 14.4. The number of fused-ring (bicyclic) bond motifs is 1. The van der Waals surface area contributed by atoms with Gasteiger partial charge in [-0.2, -0.15) is 0 Å². The zero-order valence-corrected chi connectivity index (χ0v) is 13.8. The number of nitrogens with one attached hydrogen (secondary N) is 1. The van der Waals surface area contributed by atoms with Gasteiger partial charge >= 0.3 is 0 Å². The zero-order valence-electron chi connectivity index (χ0n) is 10.7. The first-order chi connectivity index (χ1) is 10.0. The van der Waals surface area contributed by atoms with Gasteiger partial charge in [-0.15, -0.1) is 11.3 Å². The number of amides is 1. The van der Waals surface area contributed by atoms with E-state index in [1.807, 2.05) is 18.2 Å². The van der Waals surface area contributed by atoms with Gasteiger partial charge in [0.25, 0.3) is 5.91 Å². The molecule has 21 heavy (non-hydrogen) atoms. The van der Waals surface area contributed by atoms with Crippen molar-refractivity contribution in [3.63, 3.8) is 0 Å². The molecule has 0 aliphatic heterocycles. The summed E-state index contributed by atoms with van der Waals surface area (Å²) in [5, 5.41) is 4.34. The van der Waals surface area contributed by atoms with E-state index in [-0.39, 0.29) is 5.91 Å². The van der Waals surface area contributed by atoms with Crippen molar-refractivity contribution in [1.29, 1.82) is 0 Å². The average Bonchev–Trinajstić information content (AvgIpc) is 2.78. The van der Waals surface area contributed by atoms with E-state index >= 15 is 0 Å². The molecule has 0 bridgehead atoms. The van der Waals surface area contributed by atoms with Crippen molar-refractivity contribution in [3.05, 3.63) is 56.8 Å². The van der Waals surface area contributed by atoms with Crippen LogP contribution in [0.3, 0.4) is 0 Å². The Balaban J connectivity index is 1.94. The standard InChI is InChI=1S/C15H10BrClN2OS/c16-8-1-6-11-12(7-8)21-14(13(11)18)15(20)19-10-4-2-9(17)3-5-10/h1-7H,18H2,(H,19,20). The molecule has 6 heteroatoms. The SMILES string of the molecule is Nc1c(C(=O)Nc2ccc(Cl)cc2)sc2cc(Br)ccc12. The van der Waals surface area contributed by atoms with E-state index in [9.17, 15) is 4.79 Å². The van der Waals surface area contributed by atoms with Crippen LogP contribution in [-0.4, -0.2) is 5.91 Å². The van der Waals surface area contributed by atoms with E-state index in [0.29, 0.717) is 21.3 Å². The summed E-state index contributed by atoms with van der Waals surface area (Å²) in [6.45, 7) is 0. The Labute approximate surface area is 138 Å². The second-order valence-electron chi connectivity index (χ2n) is 4.45. The highest BCUT2D eigenvalue weighted by Gasteiger charge is 2.16. The molecule has 3 rings (SSSR count). The molecule has 0 aliphatic rings. The topological polar surface area (TPSA) is 55.1 Å². The lowest BCUT2D eigenvalue weighted by Crippen LogP contribution is -2.11. The summed E-state index contributed by atoms with van der Waals surface area (Å²) in [5.74, 6) is -0.216. The number of hydrogen-bond acceptors (Lipinski definition) is 3. The number of nitrogen functional groups attached to an aromatic ring is 1. The maximum atomic E-state index is 12.3. The lowest BCUT2D eigenvalue weighted by molar-refractivity contribution is 0.103. The summed E-state index contributed by atoms with van der Waals surface area (Å²) in [7, 11) is 0. The summed E-state index contributed by atoms with van der Waals surface area (Å²) >= 11 is 10.6. The summed E-state index contributed by atoms with van der Waals surface area (Å²) < 4.78 is 1.93. The number of hydrogen-bond donors (Lipinski definition) is 2. The molecule has 2 aromatic carbocycles. The second kappa shape index (κ2) is 5.67. The highest BCUT2D eigenvalue weighted by atomic mass is 79.9. The highest BCUT2D eigenvalue weighted by Crippen LogP contribution is 2.35. The van der Waals surface area contributed by atoms with Crippen LogP contribution in [0.4, 0.5) is 11.4 Å². The molecule has 3 nitrogen and oxygen atoms in total. The molecule has 0 aliphatic carbocycles. The van der Waals surface area contributed by atoms with Gasteiger partial charge < -0.3 is 11.1 Å². The fourth-order valence-electron chi connectivity index (χ4n) is 1.98. The van der Waals surface area contributed by atoms with E-state index in [1.54, 1.807) is 24.3 Å². The molecule has 1 heterocycles. The minimum absolute atomic E-state index is 0.216. The first-order valence-electron chi connectivity index (χ1n) is 6.09. The van der Waals surface area contributed by atoms with E-state index < -0.39 is 0 Å². The Kier molecular flexibility index (Phi) is 3.89. The largest absolute Gasteiger partial charge is 0.397 e. The average molecular weight is 382 g/mol. The van der Waals surface area contributed by atoms with Crippen molar-refractivity contribution in [2.75, 3.05) is 11.1 Å². The van der Waals surface area contributed by atoms with Gasteiger partial charge in [0.1, 0.15) is 4.88 Å². The molecular formula is C15H10BrClN2OS. The minimum Gasteiger partial charge on any atom is -0.397 e. The molecule has 0 unspecified atom stereocenters. The minimum atomic E-state index is -0.216. The molecule has 0 spiro atoms. The predicted molar refractivity (Wildman–Crippen MR) is 93.3 cm³/mol. The molecular weight excluding hydrogens is 372 g/mol. The van der Waals surface area contributed by atoms with E-state index in [2.05, 4.69) is 21.2 Å². The third-order valence-electron chi connectivity index (χ3n) is 3.00.